The van der Waals surface area contributed by atoms with Gasteiger partial charge in [-0.05, 0) is 53.7 Å². The van der Waals surface area contributed by atoms with Crippen molar-refractivity contribution in [1.82, 2.24) is 0 Å². The first-order chi connectivity index (χ1) is 8.81. The summed E-state index contributed by atoms with van der Waals surface area (Å²) < 4.78 is 5.48. The van der Waals surface area contributed by atoms with Gasteiger partial charge in [0.15, 0.2) is 0 Å². The molecule has 0 N–H and O–H groups in total. The third-order valence-corrected chi connectivity index (χ3v) is 5.81. The number of hydrogen-bond acceptors (Lipinski definition) is 1. The summed E-state index contributed by atoms with van der Waals surface area (Å²) in [6.45, 7) is 1.54. The third kappa shape index (κ3) is 1.71. The van der Waals surface area contributed by atoms with Crippen molar-refractivity contribution in [2.45, 2.75) is 44.3 Å². The lowest BCUT2D eigenvalue weighted by Crippen LogP contribution is -2.16. The number of halogens is 1. The number of alkyl halides is 1. The second-order valence-electron chi connectivity index (χ2n) is 6.26. The van der Waals surface area contributed by atoms with E-state index in [1.54, 1.807) is 0 Å². The molecule has 4 atom stereocenters. The van der Waals surface area contributed by atoms with Gasteiger partial charge in [-0.2, -0.15) is 0 Å². The molecule has 4 rings (SSSR count). The van der Waals surface area contributed by atoms with Crippen molar-refractivity contribution in [3.63, 3.8) is 0 Å². The van der Waals surface area contributed by atoms with Crippen LogP contribution in [0.1, 0.15) is 47.8 Å². The first kappa shape index (κ1) is 11.3. The van der Waals surface area contributed by atoms with Crippen LogP contribution in [-0.4, -0.2) is 0 Å². The first-order valence-corrected chi connectivity index (χ1v) is 7.58. The van der Waals surface area contributed by atoms with E-state index in [1.165, 1.54) is 42.4 Å². The highest BCUT2D eigenvalue weighted by atomic mass is 35.5. The highest BCUT2D eigenvalue weighted by molar-refractivity contribution is 6.21. The SMILES string of the molecule is ClC(c1ccc2c(c1)COC2)C1CC2CCC1C2. The molecule has 1 aliphatic heterocycles. The van der Waals surface area contributed by atoms with E-state index in [0.717, 1.165) is 25.0 Å². The van der Waals surface area contributed by atoms with Crippen LogP contribution in [0.4, 0.5) is 0 Å². The fourth-order valence-corrected chi connectivity index (χ4v) is 4.71. The fraction of sp³-hybridized carbons (Fsp3) is 0.625. The van der Waals surface area contributed by atoms with Crippen LogP contribution in [0.3, 0.4) is 0 Å². The van der Waals surface area contributed by atoms with Gasteiger partial charge in [-0.3, -0.25) is 0 Å². The predicted octanol–water partition coefficient (Wildman–Crippen LogP) is 4.43. The van der Waals surface area contributed by atoms with Gasteiger partial charge < -0.3 is 4.74 Å². The minimum absolute atomic E-state index is 0.214. The summed E-state index contributed by atoms with van der Waals surface area (Å²) in [5.41, 5.74) is 4.01. The summed E-state index contributed by atoms with van der Waals surface area (Å²) in [4.78, 5) is 0. The molecule has 1 nitrogen and oxygen atoms in total. The van der Waals surface area contributed by atoms with Gasteiger partial charge in [0.05, 0.1) is 18.6 Å². The van der Waals surface area contributed by atoms with Crippen molar-refractivity contribution in [2.75, 3.05) is 0 Å². The molecule has 1 aromatic rings. The second kappa shape index (κ2) is 4.25. The molecule has 4 unspecified atom stereocenters. The summed E-state index contributed by atoms with van der Waals surface area (Å²) in [5.74, 6) is 2.58. The minimum atomic E-state index is 0.214. The van der Waals surface area contributed by atoms with Crippen LogP contribution in [-0.2, 0) is 18.0 Å². The molecule has 2 saturated carbocycles. The van der Waals surface area contributed by atoms with E-state index in [9.17, 15) is 0 Å². The quantitative estimate of drug-likeness (QED) is 0.717. The van der Waals surface area contributed by atoms with Crippen LogP contribution >= 0.6 is 11.6 Å². The van der Waals surface area contributed by atoms with Crippen molar-refractivity contribution in [3.8, 4) is 0 Å². The van der Waals surface area contributed by atoms with Crippen molar-refractivity contribution in [3.05, 3.63) is 34.9 Å². The van der Waals surface area contributed by atoms with E-state index in [2.05, 4.69) is 18.2 Å². The van der Waals surface area contributed by atoms with Gasteiger partial charge in [-0.25, -0.2) is 0 Å². The van der Waals surface area contributed by atoms with Crippen molar-refractivity contribution in [2.24, 2.45) is 17.8 Å². The zero-order valence-corrected chi connectivity index (χ0v) is 11.3. The summed E-state index contributed by atoms with van der Waals surface area (Å²) in [6.07, 6.45) is 5.64. The van der Waals surface area contributed by atoms with E-state index >= 15 is 0 Å². The highest BCUT2D eigenvalue weighted by Gasteiger charge is 2.43. The van der Waals surface area contributed by atoms with Crippen LogP contribution in [0.25, 0.3) is 0 Å². The largest absolute Gasteiger partial charge is 0.372 e. The van der Waals surface area contributed by atoms with Gasteiger partial charge in [-0.15, -0.1) is 11.6 Å². The Balaban J connectivity index is 1.59. The molecule has 3 aliphatic rings. The lowest BCUT2D eigenvalue weighted by Gasteiger charge is -2.26. The maximum atomic E-state index is 6.77. The predicted molar refractivity (Wildman–Crippen MR) is 72.5 cm³/mol. The van der Waals surface area contributed by atoms with Crippen molar-refractivity contribution in [1.29, 1.82) is 0 Å². The number of ether oxygens (including phenoxy) is 1. The van der Waals surface area contributed by atoms with Crippen molar-refractivity contribution >= 4 is 11.6 Å². The fourth-order valence-electron chi connectivity index (χ4n) is 4.26. The highest BCUT2D eigenvalue weighted by Crippen LogP contribution is 2.54. The Hall–Kier alpha value is -0.530. The standard InChI is InChI=1S/C16H19ClO/c17-16(15-6-10-1-2-11(15)5-10)12-3-4-13-8-18-9-14(13)7-12/h3-4,7,10-11,15-16H,1-2,5-6,8-9H2. The number of fused-ring (bicyclic) bond motifs is 3. The maximum Gasteiger partial charge on any atom is 0.0725 e. The van der Waals surface area contributed by atoms with Gasteiger partial charge >= 0.3 is 0 Å². The lowest BCUT2D eigenvalue weighted by molar-refractivity contribution is 0.134. The Morgan fingerprint density at radius 2 is 2.00 bits per heavy atom. The Morgan fingerprint density at radius 1 is 1.11 bits per heavy atom. The van der Waals surface area contributed by atoms with E-state index in [1.807, 2.05) is 0 Å². The Kier molecular flexibility index (Phi) is 2.67. The normalized spacial score (nSPS) is 34.8. The van der Waals surface area contributed by atoms with Gasteiger partial charge in [0, 0.05) is 0 Å². The summed E-state index contributed by atoms with van der Waals surface area (Å²) >= 11 is 6.77. The molecule has 2 bridgehead atoms. The number of hydrogen-bond donors (Lipinski definition) is 0. The number of rotatable bonds is 2. The van der Waals surface area contributed by atoms with Crippen LogP contribution in [0, 0.1) is 17.8 Å². The summed E-state index contributed by atoms with van der Waals surface area (Å²) in [6, 6.07) is 6.71. The first-order valence-electron chi connectivity index (χ1n) is 7.15. The molecule has 2 aliphatic carbocycles. The van der Waals surface area contributed by atoms with Crippen molar-refractivity contribution < 1.29 is 4.74 Å². The molecule has 0 saturated heterocycles. The molecule has 96 valence electrons. The molecule has 1 aromatic carbocycles. The Bertz CT molecular complexity index is 470. The Labute approximate surface area is 113 Å². The third-order valence-electron chi connectivity index (χ3n) is 5.23. The molecule has 2 heteroatoms. The van der Waals surface area contributed by atoms with E-state index in [-0.39, 0.29) is 5.38 Å². The van der Waals surface area contributed by atoms with E-state index in [4.69, 9.17) is 16.3 Å². The average molecular weight is 263 g/mol. The smallest absolute Gasteiger partial charge is 0.0725 e. The molecule has 1 heterocycles. The van der Waals surface area contributed by atoms with Gasteiger partial charge in [0.2, 0.25) is 0 Å². The molecular formula is C16H19ClO. The number of benzene rings is 1. The minimum Gasteiger partial charge on any atom is -0.372 e. The molecular weight excluding hydrogens is 244 g/mol. The zero-order valence-electron chi connectivity index (χ0n) is 10.6. The lowest BCUT2D eigenvalue weighted by atomic mass is 9.83. The molecule has 0 spiro atoms. The zero-order chi connectivity index (χ0) is 12.1. The van der Waals surface area contributed by atoms with Crippen LogP contribution in [0.2, 0.25) is 0 Å². The van der Waals surface area contributed by atoms with Crippen LogP contribution in [0.5, 0.6) is 0 Å². The monoisotopic (exact) mass is 262 g/mol. The van der Waals surface area contributed by atoms with Gasteiger partial charge in [0.1, 0.15) is 0 Å². The molecule has 18 heavy (non-hydrogen) atoms. The van der Waals surface area contributed by atoms with Crippen LogP contribution < -0.4 is 0 Å². The van der Waals surface area contributed by atoms with Crippen LogP contribution in [0.15, 0.2) is 18.2 Å². The summed E-state index contributed by atoms with van der Waals surface area (Å²) in [5, 5.41) is 0.214. The topological polar surface area (TPSA) is 9.23 Å². The van der Waals surface area contributed by atoms with Gasteiger partial charge in [-0.1, -0.05) is 24.6 Å². The molecule has 2 fully saturated rings. The maximum absolute atomic E-state index is 6.77. The molecule has 0 radical (unpaired) electrons. The molecule has 0 aromatic heterocycles. The second-order valence-corrected chi connectivity index (χ2v) is 6.73. The Morgan fingerprint density at radius 3 is 2.78 bits per heavy atom. The van der Waals surface area contributed by atoms with Gasteiger partial charge in [0.25, 0.3) is 0 Å². The summed E-state index contributed by atoms with van der Waals surface area (Å²) in [7, 11) is 0. The molecule has 0 amide bonds. The average Bonchev–Trinajstić information content (AvgIpc) is 3.12. The van der Waals surface area contributed by atoms with E-state index < -0.39 is 0 Å². The van der Waals surface area contributed by atoms with E-state index in [0.29, 0.717) is 5.92 Å².